The number of aryl methyl sites for hydroxylation is 1. The average molecular weight is 485 g/mol. The molecule has 0 aromatic heterocycles. The number of guanidine groups is 1. The Labute approximate surface area is 182 Å². The number of hydrogen-bond donors (Lipinski definition) is 1. The smallest absolute Gasteiger partial charge is 0.193 e. The third-order valence-corrected chi connectivity index (χ3v) is 5.99. The van der Waals surface area contributed by atoms with Crippen molar-refractivity contribution in [1.82, 2.24) is 10.2 Å². The zero-order valence-corrected chi connectivity index (χ0v) is 19.5. The molecule has 0 spiro atoms. The maximum absolute atomic E-state index is 5.70. The van der Waals surface area contributed by atoms with Crippen LogP contribution in [0.25, 0.3) is 0 Å². The number of likely N-dealkylation sites (tertiary alicyclic amines) is 1. The maximum Gasteiger partial charge on any atom is 0.193 e. The first kappa shape index (κ1) is 22.5. The van der Waals surface area contributed by atoms with E-state index in [9.17, 15) is 0 Å². The first-order chi connectivity index (χ1) is 12.6. The van der Waals surface area contributed by atoms with Gasteiger partial charge in [-0.25, -0.2) is 0 Å². The lowest BCUT2D eigenvalue weighted by Crippen LogP contribution is -2.47. The van der Waals surface area contributed by atoms with E-state index in [0.29, 0.717) is 0 Å². The fourth-order valence-electron chi connectivity index (χ4n) is 4.48. The molecule has 3 rings (SSSR count). The van der Waals surface area contributed by atoms with Gasteiger partial charge in [-0.1, -0.05) is 31.2 Å². The molecular formula is C22H36IN3O. The van der Waals surface area contributed by atoms with Crippen LogP contribution in [0.2, 0.25) is 0 Å². The fraction of sp³-hybridized carbons (Fsp3) is 0.682. The van der Waals surface area contributed by atoms with Crippen LogP contribution in [0.5, 0.6) is 0 Å². The van der Waals surface area contributed by atoms with Gasteiger partial charge in [0.15, 0.2) is 5.96 Å². The summed E-state index contributed by atoms with van der Waals surface area (Å²) in [6.45, 7) is 12.4. The highest BCUT2D eigenvalue weighted by Crippen LogP contribution is 2.37. The van der Waals surface area contributed by atoms with Gasteiger partial charge in [0.05, 0.1) is 6.54 Å². The lowest BCUT2D eigenvalue weighted by molar-refractivity contribution is 0.0528. The average Bonchev–Trinajstić information content (AvgIpc) is 2.66. The normalized spacial score (nSPS) is 22.9. The molecule has 0 amide bonds. The van der Waals surface area contributed by atoms with Crippen LogP contribution < -0.4 is 5.32 Å². The molecule has 5 heteroatoms. The minimum absolute atomic E-state index is 0. The van der Waals surface area contributed by atoms with Crippen molar-refractivity contribution in [3.63, 3.8) is 0 Å². The molecule has 2 saturated heterocycles. The number of piperidine rings is 1. The van der Waals surface area contributed by atoms with Crippen LogP contribution in [0.4, 0.5) is 0 Å². The van der Waals surface area contributed by atoms with Crippen LogP contribution in [0.15, 0.2) is 29.3 Å². The van der Waals surface area contributed by atoms with Gasteiger partial charge in [0, 0.05) is 38.3 Å². The summed E-state index contributed by atoms with van der Waals surface area (Å²) in [5.41, 5.74) is 2.93. The number of halogens is 1. The van der Waals surface area contributed by atoms with Gasteiger partial charge in [-0.05, 0) is 56.6 Å². The van der Waals surface area contributed by atoms with Gasteiger partial charge in [0.25, 0.3) is 0 Å². The summed E-state index contributed by atoms with van der Waals surface area (Å²) in [5, 5.41) is 3.54. The number of aliphatic imine (C=N–C) groups is 1. The van der Waals surface area contributed by atoms with Gasteiger partial charge in [-0.2, -0.15) is 0 Å². The van der Waals surface area contributed by atoms with Crippen LogP contribution in [-0.2, 0) is 10.2 Å². The van der Waals surface area contributed by atoms with Gasteiger partial charge >= 0.3 is 0 Å². The third-order valence-electron chi connectivity index (χ3n) is 5.99. The fourth-order valence-corrected chi connectivity index (χ4v) is 4.48. The largest absolute Gasteiger partial charge is 0.381 e. The Morgan fingerprint density at radius 3 is 2.70 bits per heavy atom. The van der Waals surface area contributed by atoms with Crippen LogP contribution in [-0.4, -0.2) is 50.3 Å². The Kier molecular flexibility index (Phi) is 8.86. The Morgan fingerprint density at radius 2 is 2.04 bits per heavy atom. The van der Waals surface area contributed by atoms with E-state index in [-0.39, 0.29) is 29.4 Å². The Hall–Kier alpha value is -0.820. The summed E-state index contributed by atoms with van der Waals surface area (Å²) in [7, 11) is 0. The number of ether oxygens (including phenoxy) is 1. The van der Waals surface area contributed by atoms with Crippen molar-refractivity contribution < 1.29 is 4.74 Å². The summed E-state index contributed by atoms with van der Waals surface area (Å²) in [5.74, 6) is 1.85. The van der Waals surface area contributed by atoms with E-state index >= 15 is 0 Å². The second-order valence-corrected chi connectivity index (χ2v) is 8.07. The molecule has 2 aliphatic rings. The van der Waals surface area contributed by atoms with E-state index in [4.69, 9.17) is 9.73 Å². The molecule has 2 heterocycles. The quantitative estimate of drug-likeness (QED) is 0.391. The molecule has 0 bridgehead atoms. The van der Waals surface area contributed by atoms with E-state index in [2.05, 4.69) is 55.3 Å². The topological polar surface area (TPSA) is 36.9 Å². The van der Waals surface area contributed by atoms with Crippen LogP contribution in [0, 0.1) is 12.8 Å². The number of nitrogens with zero attached hydrogens (tertiary/aromatic N) is 2. The van der Waals surface area contributed by atoms with Crippen molar-refractivity contribution in [1.29, 1.82) is 0 Å². The molecule has 0 saturated carbocycles. The van der Waals surface area contributed by atoms with Crippen molar-refractivity contribution in [3.05, 3.63) is 35.4 Å². The molecule has 1 atom stereocenters. The Morgan fingerprint density at radius 1 is 1.30 bits per heavy atom. The maximum atomic E-state index is 5.70. The highest BCUT2D eigenvalue weighted by atomic mass is 127. The zero-order valence-electron chi connectivity index (χ0n) is 17.2. The lowest BCUT2D eigenvalue weighted by atomic mass is 9.72. The predicted octanol–water partition coefficient (Wildman–Crippen LogP) is 4.36. The predicted molar refractivity (Wildman–Crippen MR) is 124 cm³/mol. The van der Waals surface area contributed by atoms with E-state index in [1.165, 1.54) is 24.0 Å². The molecule has 1 aromatic rings. The third kappa shape index (κ3) is 5.59. The Bertz CT molecular complexity index is 613. The van der Waals surface area contributed by atoms with Crippen molar-refractivity contribution in [2.45, 2.75) is 51.9 Å². The molecule has 1 N–H and O–H groups in total. The molecule has 4 nitrogen and oxygen atoms in total. The van der Waals surface area contributed by atoms with Gasteiger partial charge in [0.2, 0.25) is 0 Å². The summed E-state index contributed by atoms with van der Waals surface area (Å²) in [6.07, 6.45) is 4.71. The van der Waals surface area contributed by atoms with E-state index in [1.54, 1.807) is 0 Å². The van der Waals surface area contributed by atoms with Gasteiger partial charge in [-0.15, -0.1) is 24.0 Å². The van der Waals surface area contributed by atoms with Gasteiger partial charge < -0.3 is 15.0 Å². The van der Waals surface area contributed by atoms with Crippen molar-refractivity contribution in [2.24, 2.45) is 10.9 Å². The van der Waals surface area contributed by atoms with E-state index in [1.807, 2.05) is 0 Å². The van der Waals surface area contributed by atoms with Crippen molar-refractivity contribution in [3.8, 4) is 0 Å². The summed E-state index contributed by atoms with van der Waals surface area (Å²) >= 11 is 0. The van der Waals surface area contributed by atoms with Crippen LogP contribution in [0.3, 0.4) is 0 Å². The van der Waals surface area contributed by atoms with Gasteiger partial charge in [-0.3, -0.25) is 4.99 Å². The van der Waals surface area contributed by atoms with Gasteiger partial charge in [0.1, 0.15) is 0 Å². The number of nitrogens with one attached hydrogen (secondary N) is 1. The second kappa shape index (κ2) is 10.6. The monoisotopic (exact) mass is 485 g/mol. The first-order valence-electron chi connectivity index (χ1n) is 10.3. The van der Waals surface area contributed by atoms with Crippen LogP contribution in [0.1, 0.15) is 50.7 Å². The van der Waals surface area contributed by atoms with Crippen LogP contribution >= 0.6 is 24.0 Å². The molecule has 0 radical (unpaired) electrons. The second-order valence-electron chi connectivity index (χ2n) is 8.07. The van der Waals surface area contributed by atoms with Crippen molar-refractivity contribution >= 4 is 29.9 Å². The molecule has 2 fully saturated rings. The summed E-state index contributed by atoms with van der Waals surface area (Å²) < 4.78 is 5.70. The minimum atomic E-state index is 0. The molecule has 27 heavy (non-hydrogen) atoms. The highest BCUT2D eigenvalue weighted by Gasteiger charge is 2.35. The molecule has 2 aliphatic heterocycles. The molecule has 1 unspecified atom stereocenters. The number of benzene rings is 1. The molecule has 1 aromatic carbocycles. The Balaban J connectivity index is 0.00000261. The van der Waals surface area contributed by atoms with Crippen molar-refractivity contribution in [2.75, 3.05) is 39.4 Å². The SMILES string of the molecule is CCNC(=NCC1(c2ccccc2C)CCOCC1)N1CCCC(C)C1.I. The number of hydrogen-bond acceptors (Lipinski definition) is 2. The molecular weight excluding hydrogens is 449 g/mol. The number of rotatable bonds is 4. The highest BCUT2D eigenvalue weighted by molar-refractivity contribution is 14.0. The van der Waals surface area contributed by atoms with E-state index < -0.39 is 0 Å². The first-order valence-corrected chi connectivity index (χ1v) is 10.3. The lowest BCUT2D eigenvalue weighted by Gasteiger charge is -2.39. The van der Waals surface area contributed by atoms with E-state index in [0.717, 1.165) is 64.1 Å². The molecule has 152 valence electrons. The zero-order chi connectivity index (χ0) is 18.4. The molecule has 0 aliphatic carbocycles. The minimum Gasteiger partial charge on any atom is -0.381 e. The standard InChI is InChI=1S/C22H35N3O.HI/c1-4-23-21(25-13-7-8-18(2)16-25)24-17-22(11-14-26-15-12-22)20-10-6-5-9-19(20)3;/h5-6,9-10,18H,4,7-8,11-17H2,1-3H3,(H,23,24);1H. The summed E-state index contributed by atoms with van der Waals surface area (Å²) in [6, 6.07) is 8.83. The summed E-state index contributed by atoms with van der Waals surface area (Å²) in [4.78, 5) is 7.62.